The van der Waals surface area contributed by atoms with Crippen LogP contribution in [-0.2, 0) is 0 Å². The van der Waals surface area contributed by atoms with Crippen LogP contribution in [0.2, 0.25) is 0 Å². The number of hydrogen-bond acceptors (Lipinski definition) is 4. The quantitative estimate of drug-likeness (QED) is 0.839. The first kappa shape index (κ1) is 13.7. The van der Waals surface area contributed by atoms with E-state index in [1.165, 1.54) is 7.11 Å². The van der Waals surface area contributed by atoms with Crippen LogP contribution in [0.5, 0.6) is 11.5 Å². The molecule has 0 atom stereocenters. The molecule has 0 unspecified atom stereocenters. The molecule has 0 saturated heterocycles. The van der Waals surface area contributed by atoms with Gasteiger partial charge >= 0.3 is 0 Å². The maximum absolute atomic E-state index is 12.2. The lowest BCUT2D eigenvalue weighted by molar-refractivity contribution is 0.102. The topological polar surface area (TPSA) is 73.6 Å². The van der Waals surface area contributed by atoms with E-state index in [1.54, 1.807) is 49.6 Å². The molecule has 0 aliphatic heterocycles. The average Bonchev–Trinajstić information content (AvgIpc) is 2.47. The Hall–Kier alpha value is -2.69. The maximum atomic E-state index is 12.2. The summed E-state index contributed by atoms with van der Waals surface area (Å²) in [6.45, 7) is 0. The SMILES string of the molecule is COc1ccc(NC(=O)c2ccc(N)cc2OC)cc1. The lowest BCUT2D eigenvalue weighted by Gasteiger charge is -2.10. The minimum Gasteiger partial charge on any atom is -0.497 e. The van der Waals surface area contributed by atoms with E-state index < -0.39 is 0 Å². The highest BCUT2D eigenvalue weighted by Crippen LogP contribution is 2.23. The summed E-state index contributed by atoms with van der Waals surface area (Å²) in [5.74, 6) is 0.913. The zero-order chi connectivity index (χ0) is 14.5. The van der Waals surface area contributed by atoms with Crippen LogP contribution in [0.3, 0.4) is 0 Å². The van der Waals surface area contributed by atoms with Crippen molar-refractivity contribution in [1.29, 1.82) is 0 Å². The number of benzene rings is 2. The first-order valence-electron chi connectivity index (χ1n) is 6.03. The van der Waals surface area contributed by atoms with Gasteiger partial charge in [-0.15, -0.1) is 0 Å². The number of nitrogens with two attached hydrogens (primary N) is 1. The number of methoxy groups -OCH3 is 2. The second-order valence-electron chi connectivity index (χ2n) is 4.14. The van der Waals surface area contributed by atoms with Crippen molar-refractivity contribution in [2.75, 3.05) is 25.3 Å². The lowest BCUT2D eigenvalue weighted by atomic mass is 10.1. The number of carbonyl (C=O) groups excluding carboxylic acids is 1. The Morgan fingerprint density at radius 1 is 1.05 bits per heavy atom. The van der Waals surface area contributed by atoms with Gasteiger partial charge in [0, 0.05) is 17.4 Å². The van der Waals surface area contributed by atoms with E-state index in [1.807, 2.05) is 0 Å². The maximum Gasteiger partial charge on any atom is 0.259 e. The van der Waals surface area contributed by atoms with Gasteiger partial charge in [0.2, 0.25) is 0 Å². The highest BCUT2D eigenvalue weighted by atomic mass is 16.5. The monoisotopic (exact) mass is 272 g/mol. The smallest absolute Gasteiger partial charge is 0.259 e. The largest absolute Gasteiger partial charge is 0.497 e. The standard InChI is InChI=1S/C15H16N2O3/c1-19-12-6-4-11(5-7-12)17-15(18)13-8-3-10(16)9-14(13)20-2/h3-9H,16H2,1-2H3,(H,17,18). The van der Waals surface area contributed by atoms with Crippen molar-refractivity contribution in [3.63, 3.8) is 0 Å². The van der Waals surface area contributed by atoms with E-state index in [0.29, 0.717) is 22.7 Å². The fourth-order valence-electron chi connectivity index (χ4n) is 1.77. The van der Waals surface area contributed by atoms with Crippen LogP contribution in [0.1, 0.15) is 10.4 Å². The van der Waals surface area contributed by atoms with Gasteiger partial charge in [0.1, 0.15) is 11.5 Å². The predicted molar refractivity (Wildman–Crippen MR) is 78.4 cm³/mol. The molecule has 2 aromatic carbocycles. The van der Waals surface area contributed by atoms with Gasteiger partial charge in [-0.05, 0) is 36.4 Å². The molecule has 5 nitrogen and oxygen atoms in total. The Morgan fingerprint density at radius 3 is 2.35 bits per heavy atom. The Bertz CT molecular complexity index is 609. The van der Waals surface area contributed by atoms with Crippen molar-refractivity contribution >= 4 is 17.3 Å². The molecule has 0 spiro atoms. The highest BCUT2D eigenvalue weighted by Gasteiger charge is 2.12. The molecule has 0 aliphatic carbocycles. The Labute approximate surface area is 117 Å². The molecular weight excluding hydrogens is 256 g/mol. The third kappa shape index (κ3) is 3.00. The molecule has 104 valence electrons. The molecule has 3 N–H and O–H groups in total. The van der Waals surface area contributed by atoms with Crippen LogP contribution in [0.25, 0.3) is 0 Å². The van der Waals surface area contributed by atoms with Crippen LogP contribution >= 0.6 is 0 Å². The summed E-state index contributed by atoms with van der Waals surface area (Å²) in [6.07, 6.45) is 0. The average molecular weight is 272 g/mol. The molecule has 1 amide bonds. The van der Waals surface area contributed by atoms with Crippen molar-refractivity contribution in [2.24, 2.45) is 0 Å². The van der Waals surface area contributed by atoms with Gasteiger partial charge in [-0.2, -0.15) is 0 Å². The zero-order valence-corrected chi connectivity index (χ0v) is 11.3. The van der Waals surface area contributed by atoms with Crippen molar-refractivity contribution < 1.29 is 14.3 Å². The summed E-state index contributed by atoms with van der Waals surface area (Å²) in [5.41, 5.74) is 7.31. The molecule has 0 heterocycles. The van der Waals surface area contributed by atoms with E-state index in [-0.39, 0.29) is 5.91 Å². The highest BCUT2D eigenvalue weighted by molar-refractivity contribution is 6.06. The van der Waals surface area contributed by atoms with E-state index in [9.17, 15) is 4.79 Å². The van der Waals surface area contributed by atoms with Gasteiger partial charge in [0.25, 0.3) is 5.91 Å². The fraction of sp³-hybridized carbons (Fsp3) is 0.133. The number of anilines is 2. The van der Waals surface area contributed by atoms with E-state index in [4.69, 9.17) is 15.2 Å². The summed E-state index contributed by atoms with van der Waals surface area (Å²) >= 11 is 0. The summed E-state index contributed by atoms with van der Waals surface area (Å²) in [4.78, 5) is 12.2. The zero-order valence-electron chi connectivity index (χ0n) is 11.3. The summed E-state index contributed by atoms with van der Waals surface area (Å²) in [5, 5.41) is 2.79. The molecule has 0 fully saturated rings. The molecule has 20 heavy (non-hydrogen) atoms. The lowest BCUT2D eigenvalue weighted by Crippen LogP contribution is -2.13. The van der Waals surface area contributed by atoms with Crippen molar-refractivity contribution in [1.82, 2.24) is 0 Å². The van der Waals surface area contributed by atoms with Crippen LogP contribution in [0, 0.1) is 0 Å². The molecule has 0 radical (unpaired) electrons. The van der Waals surface area contributed by atoms with Crippen LogP contribution in [0.4, 0.5) is 11.4 Å². The second-order valence-corrected chi connectivity index (χ2v) is 4.14. The van der Waals surface area contributed by atoms with Crippen LogP contribution < -0.4 is 20.5 Å². The van der Waals surface area contributed by atoms with E-state index >= 15 is 0 Å². The first-order valence-corrected chi connectivity index (χ1v) is 6.03. The number of rotatable bonds is 4. The number of amides is 1. The van der Waals surface area contributed by atoms with Gasteiger partial charge in [-0.1, -0.05) is 0 Å². The van der Waals surface area contributed by atoms with E-state index in [2.05, 4.69) is 5.32 Å². The summed E-state index contributed by atoms with van der Waals surface area (Å²) < 4.78 is 10.2. The Kier molecular flexibility index (Phi) is 4.10. The number of nitrogen functional groups attached to an aromatic ring is 1. The third-order valence-corrected chi connectivity index (χ3v) is 2.82. The molecule has 0 aliphatic rings. The van der Waals surface area contributed by atoms with Gasteiger partial charge in [-0.25, -0.2) is 0 Å². The number of carbonyl (C=O) groups is 1. The summed E-state index contributed by atoms with van der Waals surface area (Å²) in [6, 6.07) is 12.0. The normalized spacial score (nSPS) is 9.90. The molecule has 0 bridgehead atoms. The fourth-order valence-corrected chi connectivity index (χ4v) is 1.77. The molecule has 2 aromatic rings. The molecule has 0 saturated carbocycles. The van der Waals surface area contributed by atoms with Gasteiger partial charge in [0.05, 0.1) is 19.8 Å². The molecular formula is C15H16N2O3. The Morgan fingerprint density at radius 2 is 1.75 bits per heavy atom. The Balaban J connectivity index is 2.19. The van der Waals surface area contributed by atoms with Crippen molar-refractivity contribution in [2.45, 2.75) is 0 Å². The molecule has 5 heteroatoms. The van der Waals surface area contributed by atoms with Gasteiger partial charge in [-0.3, -0.25) is 4.79 Å². The van der Waals surface area contributed by atoms with Crippen LogP contribution in [-0.4, -0.2) is 20.1 Å². The summed E-state index contributed by atoms with van der Waals surface area (Å²) in [7, 11) is 3.09. The van der Waals surface area contributed by atoms with E-state index in [0.717, 1.165) is 5.75 Å². The third-order valence-electron chi connectivity index (χ3n) is 2.82. The number of hydrogen-bond donors (Lipinski definition) is 2. The van der Waals surface area contributed by atoms with Crippen molar-refractivity contribution in [3.8, 4) is 11.5 Å². The van der Waals surface area contributed by atoms with Crippen LogP contribution in [0.15, 0.2) is 42.5 Å². The van der Waals surface area contributed by atoms with Gasteiger partial charge in [0.15, 0.2) is 0 Å². The second kappa shape index (κ2) is 5.97. The number of ether oxygens (including phenoxy) is 2. The minimum absolute atomic E-state index is 0.257. The molecule has 2 rings (SSSR count). The van der Waals surface area contributed by atoms with Crippen molar-refractivity contribution in [3.05, 3.63) is 48.0 Å². The minimum atomic E-state index is -0.257. The predicted octanol–water partition coefficient (Wildman–Crippen LogP) is 2.54. The van der Waals surface area contributed by atoms with Gasteiger partial charge < -0.3 is 20.5 Å². The number of nitrogens with one attached hydrogen (secondary N) is 1. The first-order chi connectivity index (χ1) is 9.63. The molecule has 0 aromatic heterocycles.